The van der Waals surface area contributed by atoms with Crippen LogP contribution in [0, 0.1) is 0 Å². The highest BCUT2D eigenvalue weighted by Crippen LogP contribution is 2.10. The Morgan fingerprint density at radius 2 is 1.71 bits per heavy atom. The third-order valence-electron chi connectivity index (χ3n) is 2.16. The van der Waals surface area contributed by atoms with Gasteiger partial charge in [0.1, 0.15) is 5.75 Å². The Labute approximate surface area is 100 Å². The topological polar surface area (TPSA) is 67.4 Å². The first kappa shape index (κ1) is 13.0. The van der Waals surface area contributed by atoms with Gasteiger partial charge < -0.3 is 15.4 Å². The van der Waals surface area contributed by atoms with Gasteiger partial charge in [-0.05, 0) is 24.6 Å². The van der Waals surface area contributed by atoms with Gasteiger partial charge in [-0.3, -0.25) is 9.59 Å². The summed E-state index contributed by atoms with van der Waals surface area (Å²) in [6.45, 7) is 2.52. The molecule has 1 aromatic carbocycles. The van der Waals surface area contributed by atoms with E-state index in [4.69, 9.17) is 4.74 Å². The Morgan fingerprint density at radius 1 is 1.12 bits per heavy atom. The van der Waals surface area contributed by atoms with E-state index in [2.05, 4.69) is 10.6 Å². The van der Waals surface area contributed by atoms with E-state index in [0.717, 1.165) is 11.3 Å². The van der Waals surface area contributed by atoms with Crippen molar-refractivity contribution >= 4 is 11.8 Å². The van der Waals surface area contributed by atoms with Gasteiger partial charge in [0.2, 0.25) is 0 Å². The molecule has 1 rings (SSSR count). The van der Waals surface area contributed by atoms with Crippen LogP contribution in [-0.2, 0) is 16.1 Å². The molecule has 5 nitrogen and oxygen atoms in total. The molecule has 0 aliphatic carbocycles. The Kier molecular flexibility index (Phi) is 5.00. The van der Waals surface area contributed by atoms with E-state index in [9.17, 15) is 9.59 Å². The zero-order valence-corrected chi connectivity index (χ0v) is 9.95. The van der Waals surface area contributed by atoms with Crippen LogP contribution in [0.5, 0.6) is 5.75 Å². The third-order valence-corrected chi connectivity index (χ3v) is 2.16. The second-order valence-corrected chi connectivity index (χ2v) is 3.39. The highest BCUT2D eigenvalue weighted by Gasteiger charge is 2.10. The molecule has 0 atom stereocenters. The molecule has 1 aromatic rings. The number of carbonyl (C=O) groups excluding carboxylic acids is 2. The Bertz CT molecular complexity index is 387. The molecule has 17 heavy (non-hydrogen) atoms. The summed E-state index contributed by atoms with van der Waals surface area (Å²) < 4.78 is 5.01. The predicted molar refractivity (Wildman–Crippen MR) is 63.5 cm³/mol. The van der Waals surface area contributed by atoms with Crippen molar-refractivity contribution in [3.63, 3.8) is 0 Å². The highest BCUT2D eigenvalue weighted by atomic mass is 16.5. The van der Waals surface area contributed by atoms with Crippen LogP contribution in [0.4, 0.5) is 0 Å². The summed E-state index contributed by atoms with van der Waals surface area (Å²) in [6, 6.07) is 7.26. The zero-order chi connectivity index (χ0) is 12.7. The molecule has 0 aliphatic heterocycles. The van der Waals surface area contributed by atoms with E-state index >= 15 is 0 Å². The number of amides is 2. The average molecular weight is 236 g/mol. The molecule has 0 heterocycles. The van der Waals surface area contributed by atoms with Crippen molar-refractivity contribution in [3.8, 4) is 5.75 Å². The molecular weight excluding hydrogens is 220 g/mol. The summed E-state index contributed by atoms with van der Waals surface area (Å²) in [5.74, 6) is -0.479. The van der Waals surface area contributed by atoms with E-state index in [-0.39, 0.29) is 0 Å². The molecule has 5 heteroatoms. The van der Waals surface area contributed by atoms with Gasteiger partial charge in [0.05, 0.1) is 7.11 Å². The first-order chi connectivity index (χ1) is 8.17. The molecule has 0 saturated heterocycles. The summed E-state index contributed by atoms with van der Waals surface area (Å²) >= 11 is 0. The van der Waals surface area contributed by atoms with Crippen molar-refractivity contribution in [3.05, 3.63) is 29.8 Å². The fraction of sp³-hybridized carbons (Fsp3) is 0.333. The van der Waals surface area contributed by atoms with Crippen LogP contribution >= 0.6 is 0 Å². The lowest BCUT2D eigenvalue weighted by molar-refractivity contribution is -0.139. The van der Waals surface area contributed by atoms with Crippen LogP contribution in [0.15, 0.2) is 24.3 Å². The van der Waals surface area contributed by atoms with Crippen molar-refractivity contribution in [2.24, 2.45) is 0 Å². The Balaban J connectivity index is 2.44. The Morgan fingerprint density at radius 3 is 2.24 bits per heavy atom. The standard InChI is InChI=1S/C12H16N2O3/c1-3-13-11(15)12(16)14-8-9-4-6-10(17-2)7-5-9/h4-7H,3,8H2,1-2H3,(H,13,15)(H,14,16). The van der Waals surface area contributed by atoms with Gasteiger partial charge in [-0.25, -0.2) is 0 Å². The van der Waals surface area contributed by atoms with Gasteiger partial charge in [-0.1, -0.05) is 12.1 Å². The maximum Gasteiger partial charge on any atom is 0.309 e. The average Bonchev–Trinajstić information content (AvgIpc) is 2.36. The summed E-state index contributed by atoms with van der Waals surface area (Å²) in [5, 5.41) is 4.96. The molecule has 0 spiro atoms. The van der Waals surface area contributed by atoms with Crippen molar-refractivity contribution < 1.29 is 14.3 Å². The monoisotopic (exact) mass is 236 g/mol. The van der Waals surface area contributed by atoms with E-state index in [1.807, 2.05) is 12.1 Å². The first-order valence-corrected chi connectivity index (χ1v) is 5.36. The first-order valence-electron chi connectivity index (χ1n) is 5.36. The SMILES string of the molecule is CCNC(=O)C(=O)NCc1ccc(OC)cc1. The minimum absolute atomic E-state index is 0.319. The molecule has 0 saturated carbocycles. The van der Waals surface area contributed by atoms with Crippen molar-refractivity contribution in [2.45, 2.75) is 13.5 Å². The van der Waals surface area contributed by atoms with Gasteiger partial charge in [0.15, 0.2) is 0 Å². The second-order valence-electron chi connectivity index (χ2n) is 3.39. The van der Waals surface area contributed by atoms with Crippen LogP contribution in [0.3, 0.4) is 0 Å². The fourth-order valence-electron chi connectivity index (χ4n) is 1.25. The van der Waals surface area contributed by atoms with E-state index in [1.165, 1.54) is 0 Å². The predicted octanol–water partition coefficient (Wildman–Crippen LogP) is 0.448. The van der Waals surface area contributed by atoms with E-state index in [0.29, 0.717) is 13.1 Å². The molecule has 2 N–H and O–H groups in total. The maximum absolute atomic E-state index is 11.3. The fourth-order valence-corrected chi connectivity index (χ4v) is 1.25. The van der Waals surface area contributed by atoms with Gasteiger partial charge in [-0.2, -0.15) is 0 Å². The Hall–Kier alpha value is -2.04. The minimum atomic E-state index is -0.623. The quantitative estimate of drug-likeness (QED) is 0.746. The van der Waals surface area contributed by atoms with Crippen LogP contribution in [-0.4, -0.2) is 25.5 Å². The smallest absolute Gasteiger partial charge is 0.309 e. The molecule has 0 aromatic heterocycles. The number of ether oxygens (including phenoxy) is 1. The second kappa shape index (κ2) is 6.52. The molecular formula is C12H16N2O3. The number of hydrogen-bond acceptors (Lipinski definition) is 3. The van der Waals surface area contributed by atoms with Crippen molar-refractivity contribution in [1.82, 2.24) is 10.6 Å². The van der Waals surface area contributed by atoms with E-state index < -0.39 is 11.8 Å². The van der Waals surface area contributed by atoms with Gasteiger partial charge in [0.25, 0.3) is 0 Å². The summed E-state index contributed by atoms with van der Waals surface area (Å²) in [4.78, 5) is 22.4. The number of carbonyl (C=O) groups is 2. The molecule has 92 valence electrons. The number of rotatable bonds is 4. The van der Waals surface area contributed by atoms with Gasteiger partial charge >= 0.3 is 11.8 Å². The number of likely N-dealkylation sites (N-methyl/N-ethyl adjacent to an activating group) is 1. The zero-order valence-electron chi connectivity index (χ0n) is 9.95. The number of benzene rings is 1. The molecule has 0 unspecified atom stereocenters. The lowest BCUT2D eigenvalue weighted by Crippen LogP contribution is -2.39. The largest absolute Gasteiger partial charge is 0.497 e. The van der Waals surface area contributed by atoms with E-state index in [1.54, 1.807) is 26.2 Å². The number of hydrogen-bond donors (Lipinski definition) is 2. The molecule has 0 fully saturated rings. The van der Waals surface area contributed by atoms with Crippen molar-refractivity contribution in [1.29, 1.82) is 0 Å². The lowest BCUT2D eigenvalue weighted by atomic mass is 10.2. The van der Waals surface area contributed by atoms with Crippen LogP contribution in [0.25, 0.3) is 0 Å². The van der Waals surface area contributed by atoms with Crippen LogP contribution in [0.1, 0.15) is 12.5 Å². The molecule has 0 radical (unpaired) electrons. The maximum atomic E-state index is 11.3. The van der Waals surface area contributed by atoms with Crippen LogP contribution < -0.4 is 15.4 Å². The van der Waals surface area contributed by atoms with Gasteiger partial charge in [0, 0.05) is 13.1 Å². The summed E-state index contributed by atoms with van der Waals surface area (Å²) in [6.07, 6.45) is 0. The van der Waals surface area contributed by atoms with Gasteiger partial charge in [-0.15, -0.1) is 0 Å². The summed E-state index contributed by atoms with van der Waals surface area (Å²) in [5.41, 5.74) is 0.906. The number of nitrogens with one attached hydrogen (secondary N) is 2. The summed E-state index contributed by atoms with van der Waals surface area (Å²) in [7, 11) is 1.59. The third kappa shape index (κ3) is 4.14. The van der Waals surface area contributed by atoms with Crippen molar-refractivity contribution in [2.75, 3.05) is 13.7 Å². The molecule has 2 amide bonds. The normalized spacial score (nSPS) is 9.53. The lowest BCUT2D eigenvalue weighted by Gasteiger charge is -2.06. The molecule has 0 aliphatic rings. The minimum Gasteiger partial charge on any atom is -0.497 e. The highest BCUT2D eigenvalue weighted by molar-refractivity contribution is 6.35. The molecule has 0 bridgehead atoms. The van der Waals surface area contributed by atoms with Crippen LogP contribution in [0.2, 0.25) is 0 Å². The number of methoxy groups -OCH3 is 1.